The lowest BCUT2D eigenvalue weighted by Gasteiger charge is -2.10. The fourth-order valence-corrected chi connectivity index (χ4v) is 2.45. The summed E-state index contributed by atoms with van der Waals surface area (Å²) >= 11 is 0. The van der Waals surface area contributed by atoms with Crippen LogP contribution >= 0.6 is 0 Å². The molecule has 132 valence electrons. The Morgan fingerprint density at radius 2 is 1.65 bits per heavy atom. The normalized spacial score (nSPS) is 10.4. The first kappa shape index (κ1) is 17.5. The van der Waals surface area contributed by atoms with E-state index in [0.29, 0.717) is 11.6 Å². The largest absolute Gasteiger partial charge is 0.339 e. The van der Waals surface area contributed by atoms with Gasteiger partial charge in [0.15, 0.2) is 11.6 Å². The number of aromatic nitrogens is 2. The zero-order chi connectivity index (χ0) is 18.5. The Kier molecular flexibility index (Phi) is 5.22. The molecule has 1 heterocycles. The highest BCUT2D eigenvalue weighted by Crippen LogP contribution is 2.20. The zero-order valence-electron chi connectivity index (χ0n) is 14.6. The molecule has 0 aliphatic rings. The van der Waals surface area contributed by atoms with Gasteiger partial charge in [-0.05, 0) is 60.9 Å². The van der Waals surface area contributed by atoms with Gasteiger partial charge in [-0.1, -0.05) is 24.3 Å². The van der Waals surface area contributed by atoms with Crippen molar-refractivity contribution >= 4 is 23.2 Å². The predicted octanol–water partition coefficient (Wildman–Crippen LogP) is 4.16. The molecule has 0 aliphatic carbocycles. The second-order valence-corrected chi connectivity index (χ2v) is 6.10. The second kappa shape index (κ2) is 7.74. The Labute approximate surface area is 151 Å². The Morgan fingerprint density at radius 1 is 0.962 bits per heavy atom. The number of nitrogens with zero attached hydrogens (tertiary/aromatic N) is 2. The minimum absolute atomic E-state index is 0.143. The van der Waals surface area contributed by atoms with Gasteiger partial charge in [0.1, 0.15) is 5.82 Å². The third-order valence-electron chi connectivity index (χ3n) is 3.87. The number of carbonyl (C=O) groups excluding carboxylic acids is 1. The maximum atomic E-state index is 12.9. The van der Waals surface area contributed by atoms with Crippen molar-refractivity contribution in [3.63, 3.8) is 0 Å². The summed E-state index contributed by atoms with van der Waals surface area (Å²) in [5.74, 6) is 0.395. The van der Waals surface area contributed by atoms with Gasteiger partial charge in [0.05, 0.1) is 6.42 Å². The number of rotatable bonds is 5. The van der Waals surface area contributed by atoms with E-state index in [2.05, 4.69) is 20.8 Å². The molecule has 1 amide bonds. The first-order chi connectivity index (χ1) is 12.5. The summed E-state index contributed by atoms with van der Waals surface area (Å²) in [6.45, 7) is 4.04. The fraction of sp³-hybridized carbons (Fsp3) is 0.150. The van der Waals surface area contributed by atoms with Crippen molar-refractivity contribution in [2.24, 2.45) is 0 Å². The van der Waals surface area contributed by atoms with Crippen LogP contribution in [0, 0.1) is 19.7 Å². The number of hydrogen-bond acceptors (Lipinski definition) is 4. The summed E-state index contributed by atoms with van der Waals surface area (Å²) in [6, 6.07) is 15.4. The smallest absolute Gasteiger partial charge is 0.229 e. The van der Waals surface area contributed by atoms with Gasteiger partial charge in [-0.15, -0.1) is 10.2 Å². The molecule has 0 saturated heterocycles. The number of carbonyl (C=O) groups is 1. The number of benzene rings is 2. The predicted molar refractivity (Wildman–Crippen MR) is 100.0 cm³/mol. The summed E-state index contributed by atoms with van der Waals surface area (Å²) in [5, 5.41) is 14.0. The highest BCUT2D eigenvalue weighted by Gasteiger charge is 2.07. The van der Waals surface area contributed by atoms with E-state index in [4.69, 9.17) is 0 Å². The van der Waals surface area contributed by atoms with Crippen LogP contribution in [-0.2, 0) is 11.2 Å². The van der Waals surface area contributed by atoms with Gasteiger partial charge in [-0.2, -0.15) is 0 Å². The Morgan fingerprint density at radius 3 is 2.35 bits per heavy atom. The van der Waals surface area contributed by atoms with Gasteiger partial charge in [0.25, 0.3) is 0 Å². The van der Waals surface area contributed by atoms with Crippen LogP contribution in [0.1, 0.15) is 16.7 Å². The summed E-state index contributed by atoms with van der Waals surface area (Å²) in [6.07, 6.45) is 0.143. The van der Waals surface area contributed by atoms with E-state index in [9.17, 15) is 9.18 Å². The molecular formula is C20H19FN4O. The number of hydrogen-bond donors (Lipinski definition) is 2. The lowest BCUT2D eigenvalue weighted by atomic mass is 10.1. The van der Waals surface area contributed by atoms with Crippen LogP contribution in [0.3, 0.4) is 0 Å². The average molecular weight is 350 g/mol. The zero-order valence-corrected chi connectivity index (χ0v) is 14.6. The number of halogens is 1. The molecule has 0 aliphatic heterocycles. The molecule has 6 heteroatoms. The summed E-state index contributed by atoms with van der Waals surface area (Å²) in [4.78, 5) is 12.0. The van der Waals surface area contributed by atoms with E-state index in [-0.39, 0.29) is 18.1 Å². The molecule has 0 atom stereocenters. The van der Waals surface area contributed by atoms with Crippen molar-refractivity contribution in [2.45, 2.75) is 20.3 Å². The standard InChI is InChI=1S/C20H19FN4O/c1-13-3-4-14(2)17(11-13)22-18-9-10-19(25-24-18)23-20(26)12-15-5-7-16(21)8-6-15/h3-11H,12H2,1-2H3,(H,22,24)(H,23,25,26). The maximum absolute atomic E-state index is 12.9. The van der Waals surface area contributed by atoms with Gasteiger partial charge in [-0.25, -0.2) is 4.39 Å². The Hall–Kier alpha value is -3.28. The van der Waals surface area contributed by atoms with Crippen molar-refractivity contribution in [1.82, 2.24) is 10.2 Å². The van der Waals surface area contributed by atoms with E-state index in [1.54, 1.807) is 24.3 Å². The fourth-order valence-electron chi connectivity index (χ4n) is 2.45. The average Bonchev–Trinajstić information content (AvgIpc) is 2.62. The summed E-state index contributed by atoms with van der Waals surface area (Å²) in [5.41, 5.74) is 3.95. The Bertz CT molecular complexity index is 908. The molecule has 0 spiro atoms. The maximum Gasteiger partial charge on any atom is 0.229 e. The van der Waals surface area contributed by atoms with Gasteiger partial charge in [0, 0.05) is 5.69 Å². The van der Waals surface area contributed by atoms with E-state index >= 15 is 0 Å². The molecule has 5 nitrogen and oxygen atoms in total. The number of amides is 1. The van der Waals surface area contributed by atoms with E-state index in [1.807, 2.05) is 32.0 Å². The van der Waals surface area contributed by atoms with Crippen molar-refractivity contribution < 1.29 is 9.18 Å². The molecule has 0 saturated carbocycles. The van der Waals surface area contributed by atoms with Crippen LogP contribution < -0.4 is 10.6 Å². The lowest BCUT2D eigenvalue weighted by molar-refractivity contribution is -0.115. The summed E-state index contributed by atoms with van der Waals surface area (Å²) in [7, 11) is 0. The molecule has 2 N–H and O–H groups in total. The van der Waals surface area contributed by atoms with Gasteiger partial charge in [-0.3, -0.25) is 4.79 Å². The molecule has 0 bridgehead atoms. The topological polar surface area (TPSA) is 66.9 Å². The highest BCUT2D eigenvalue weighted by molar-refractivity contribution is 5.91. The Balaban J connectivity index is 1.61. The molecule has 0 radical (unpaired) electrons. The first-order valence-corrected chi connectivity index (χ1v) is 8.22. The second-order valence-electron chi connectivity index (χ2n) is 6.10. The van der Waals surface area contributed by atoms with Gasteiger partial charge < -0.3 is 10.6 Å². The van der Waals surface area contributed by atoms with Crippen LogP contribution in [0.2, 0.25) is 0 Å². The van der Waals surface area contributed by atoms with Crippen molar-refractivity contribution in [3.05, 3.63) is 77.1 Å². The highest BCUT2D eigenvalue weighted by atomic mass is 19.1. The van der Waals surface area contributed by atoms with Crippen molar-refractivity contribution in [2.75, 3.05) is 10.6 Å². The first-order valence-electron chi connectivity index (χ1n) is 8.22. The molecule has 3 aromatic rings. The molecule has 26 heavy (non-hydrogen) atoms. The minimum Gasteiger partial charge on any atom is -0.339 e. The SMILES string of the molecule is Cc1ccc(C)c(Nc2ccc(NC(=O)Cc3ccc(F)cc3)nn2)c1. The van der Waals surface area contributed by atoms with Crippen LogP contribution in [0.4, 0.5) is 21.7 Å². The molecule has 0 fully saturated rings. The third kappa shape index (κ3) is 4.63. The monoisotopic (exact) mass is 350 g/mol. The van der Waals surface area contributed by atoms with Crippen LogP contribution in [-0.4, -0.2) is 16.1 Å². The quantitative estimate of drug-likeness (QED) is 0.725. The number of nitrogens with one attached hydrogen (secondary N) is 2. The molecule has 1 aromatic heterocycles. The molecular weight excluding hydrogens is 331 g/mol. The lowest BCUT2D eigenvalue weighted by Crippen LogP contribution is -2.15. The van der Waals surface area contributed by atoms with Gasteiger partial charge >= 0.3 is 0 Å². The van der Waals surface area contributed by atoms with Gasteiger partial charge in [0.2, 0.25) is 5.91 Å². The van der Waals surface area contributed by atoms with E-state index < -0.39 is 0 Å². The van der Waals surface area contributed by atoms with Crippen LogP contribution in [0.25, 0.3) is 0 Å². The van der Waals surface area contributed by atoms with E-state index in [0.717, 1.165) is 22.4 Å². The van der Waals surface area contributed by atoms with Crippen LogP contribution in [0.5, 0.6) is 0 Å². The van der Waals surface area contributed by atoms with Crippen molar-refractivity contribution in [1.29, 1.82) is 0 Å². The van der Waals surface area contributed by atoms with Crippen molar-refractivity contribution in [3.8, 4) is 0 Å². The number of anilines is 3. The van der Waals surface area contributed by atoms with Crippen LogP contribution in [0.15, 0.2) is 54.6 Å². The molecule has 3 rings (SSSR count). The molecule has 0 unspecified atom stereocenters. The van der Waals surface area contributed by atoms with E-state index in [1.165, 1.54) is 12.1 Å². The number of aryl methyl sites for hydroxylation is 2. The summed E-state index contributed by atoms with van der Waals surface area (Å²) < 4.78 is 12.9. The minimum atomic E-state index is -0.327. The third-order valence-corrected chi connectivity index (χ3v) is 3.87. The molecule has 2 aromatic carbocycles.